The number of carbonyl (C=O) groups excluding carboxylic acids is 1. The Morgan fingerprint density at radius 2 is 2.00 bits per heavy atom. The molecule has 2 heteroatoms. The van der Waals surface area contributed by atoms with Gasteiger partial charge in [-0.3, -0.25) is 4.79 Å². The summed E-state index contributed by atoms with van der Waals surface area (Å²) in [5, 5.41) is 0.609. The minimum atomic E-state index is 0.0662. The molecule has 0 radical (unpaired) electrons. The minimum absolute atomic E-state index is 0.0662. The van der Waals surface area contributed by atoms with E-state index in [1.54, 1.807) is 18.1 Å². The second-order valence-electron chi connectivity index (χ2n) is 8.10. The summed E-state index contributed by atoms with van der Waals surface area (Å²) in [5.74, 6) is 0.298. The van der Waals surface area contributed by atoms with Gasteiger partial charge in [0.1, 0.15) is 5.78 Å². The summed E-state index contributed by atoms with van der Waals surface area (Å²) in [4.78, 5) is 11.4. The van der Waals surface area contributed by atoms with Gasteiger partial charge in [-0.1, -0.05) is 45.8 Å². The SMILES string of the molecule is CC(=O)CC(C)(C)SC(C)CCC1=C(C)CCCC1(C)C. The van der Waals surface area contributed by atoms with E-state index in [1.165, 1.54) is 32.1 Å². The van der Waals surface area contributed by atoms with Gasteiger partial charge < -0.3 is 0 Å². The van der Waals surface area contributed by atoms with Crippen LogP contribution in [0.15, 0.2) is 11.1 Å². The Morgan fingerprint density at radius 3 is 2.52 bits per heavy atom. The molecule has 0 aromatic rings. The van der Waals surface area contributed by atoms with Crippen LogP contribution in [-0.4, -0.2) is 15.8 Å². The van der Waals surface area contributed by atoms with E-state index >= 15 is 0 Å². The number of rotatable bonds is 7. The predicted octanol–water partition coefficient (Wildman–Crippen LogP) is 6.17. The van der Waals surface area contributed by atoms with E-state index < -0.39 is 0 Å². The van der Waals surface area contributed by atoms with Crippen LogP contribution in [0.4, 0.5) is 0 Å². The van der Waals surface area contributed by atoms with Crippen molar-refractivity contribution in [1.82, 2.24) is 0 Å². The molecular formula is C19H34OS. The summed E-state index contributed by atoms with van der Waals surface area (Å²) in [6.45, 7) is 15.6. The van der Waals surface area contributed by atoms with Crippen LogP contribution in [0.3, 0.4) is 0 Å². The first-order chi connectivity index (χ1) is 9.53. The molecule has 1 unspecified atom stereocenters. The molecule has 0 saturated heterocycles. The third-order valence-electron chi connectivity index (χ3n) is 4.68. The number of hydrogen-bond donors (Lipinski definition) is 0. The van der Waals surface area contributed by atoms with Crippen molar-refractivity contribution in [3.63, 3.8) is 0 Å². The maximum atomic E-state index is 11.4. The largest absolute Gasteiger partial charge is 0.300 e. The van der Waals surface area contributed by atoms with Gasteiger partial charge in [-0.05, 0) is 51.4 Å². The Bertz CT molecular complexity index is 404. The molecule has 0 aromatic carbocycles. The molecule has 0 aliphatic heterocycles. The third kappa shape index (κ3) is 6.18. The standard InChI is InChI=1S/C19H34OS/c1-14-9-8-12-18(4,5)17(14)11-10-16(3)21-19(6,7)13-15(2)20/h16H,8-13H2,1-7H3. The number of carbonyl (C=O) groups is 1. The summed E-state index contributed by atoms with van der Waals surface area (Å²) < 4.78 is 0.0662. The van der Waals surface area contributed by atoms with Crippen LogP contribution in [0.5, 0.6) is 0 Å². The first-order valence-corrected chi connectivity index (χ1v) is 9.28. The predicted molar refractivity (Wildman–Crippen MR) is 96.0 cm³/mol. The van der Waals surface area contributed by atoms with Gasteiger partial charge in [0, 0.05) is 16.4 Å². The molecule has 0 heterocycles. The smallest absolute Gasteiger partial charge is 0.131 e. The fraction of sp³-hybridized carbons (Fsp3) is 0.842. The summed E-state index contributed by atoms with van der Waals surface area (Å²) >= 11 is 1.98. The van der Waals surface area contributed by atoms with Gasteiger partial charge in [-0.2, -0.15) is 11.8 Å². The van der Waals surface area contributed by atoms with E-state index in [2.05, 4.69) is 41.5 Å². The Labute approximate surface area is 136 Å². The van der Waals surface area contributed by atoms with Gasteiger partial charge in [0.25, 0.3) is 0 Å². The topological polar surface area (TPSA) is 17.1 Å². The van der Waals surface area contributed by atoms with Crippen LogP contribution in [0.1, 0.15) is 87.0 Å². The normalized spacial score (nSPS) is 20.5. The van der Waals surface area contributed by atoms with Gasteiger partial charge in [-0.25, -0.2) is 0 Å². The van der Waals surface area contributed by atoms with E-state index in [9.17, 15) is 4.79 Å². The lowest BCUT2D eigenvalue weighted by molar-refractivity contribution is -0.117. The van der Waals surface area contributed by atoms with Gasteiger partial charge in [0.2, 0.25) is 0 Å². The molecule has 0 N–H and O–H groups in total. The summed E-state index contributed by atoms with van der Waals surface area (Å²) in [7, 11) is 0. The first-order valence-electron chi connectivity index (χ1n) is 8.40. The zero-order chi connectivity index (χ0) is 16.3. The van der Waals surface area contributed by atoms with Crippen LogP contribution < -0.4 is 0 Å². The van der Waals surface area contributed by atoms with Crippen molar-refractivity contribution in [2.45, 2.75) is 97.0 Å². The van der Waals surface area contributed by atoms with Crippen molar-refractivity contribution < 1.29 is 4.79 Å². The van der Waals surface area contributed by atoms with Gasteiger partial charge in [0.05, 0.1) is 0 Å². The molecule has 0 aromatic heterocycles. The van der Waals surface area contributed by atoms with Crippen molar-refractivity contribution in [2.75, 3.05) is 0 Å². The molecule has 122 valence electrons. The molecular weight excluding hydrogens is 276 g/mol. The molecule has 1 atom stereocenters. The number of ketones is 1. The lowest BCUT2D eigenvalue weighted by Crippen LogP contribution is -2.23. The summed E-state index contributed by atoms with van der Waals surface area (Å²) in [6, 6.07) is 0. The number of allylic oxidation sites excluding steroid dienone is 2. The van der Waals surface area contributed by atoms with Crippen LogP contribution in [0, 0.1) is 5.41 Å². The zero-order valence-corrected chi connectivity index (χ0v) is 16.0. The van der Waals surface area contributed by atoms with Crippen LogP contribution in [0.2, 0.25) is 0 Å². The molecule has 1 aliphatic carbocycles. The third-order valence-corrected chi connectivity index (χ3v) is 6.10. The molecule has 1 aliphatic rings. The van der Waals surface area contributed by atoms with Gasteiger partial charge >= 0.3 is 0 Å². The van der Waals surface area contributed by atoms with Crippen LogP contribution >= 0.6 is 11.8 Å². The summed E-state index contributed by atoms with van der Waals surface area (Å²) in [5.41, 5.74) is 3.72. The number of Topliss-reactive ketones (excluding diaryl/α,β-unsaturated/α-hetero) is 1. The Balaban J connectivity index is 2.56. The van der Waals surface area contributed by atoms with E-state index in [0.29, 0.717) is 22.9 Å². The average molecular weight is 311 g/mol. The molecule has 0 amide bonds. The molecule has 1 rings (SSSR count). The molecule has 1 nitrogen and oxygen atoms in total. The Hall–Kier alpha value is -0.240. The highest BCUT2D eigenvalue weighted by Crippen LogP contribution is 2.43. The highest BCUT2D eigenvalue weighted by atomic mass is 32.2. The Morgan fingerprint density at radius 1 is 1.38 bits per heavy atom. The maximum absolute atomic E-state index is 11.4. The second-order valence-corrected chi connectivity index (χ2v) is 10.2. The van der Waals surface area contributed by atoms with Crippen molar-refractivity contribution in [3.8, 4) is 0 Å². The van der Waals surface area contributed by atoms with Crippen molar-refractivity contribution >= 4 is 17.5 Å². The summed E-state index contributed by atoms with van der Waals surface area (Å²) in [6.07, 6.45) is 7.09. The minimum Gasteiger partial charge on any atom is -0.300 e. The van der Waals surface area contributed by atoms with Gasteiger partial charge in [-0.15, -0.1) is 0 Å². The lowest BCUT2D eigenvalue weighted by atomic mass is 9.71. The molecule has 21 heavy (non-hydrogen) atoms. The van der Waals surface area contributed by atoms with E-state index in [4.69, 9.17) is 0 Å². The van der Waals surface area contributed by atoms with Crippen molar-refractivity contribution in [2.24, 2.45) is 5.41 Å². The lowest BCUT2D eigenvalue weighted by Gasteiger charge is -2.35. The Kier molecular flexibility index (Phi) is 6.58. The van der Waals surface area contributed by atoms with Gasteiger partial charge in [0.15, 0.2) is 0 Å². The van der Waals surface area contributed by atoms with E-state index in [1.807, 2.05) is 11.8 Å². The van der Waals surface area contributed by atoms with Crippen molar-refractivity contribution in [3.05, 3.63) is 11.1 Å². The van der Waals surface area contributed by atoms with E-state index in [0.717, 1.165) is 0 Å². The second kappa shape index (κ2) is 7.35. The molecule has 0 saturated carbocycles. The quantitative estimate of drug-likeness (QED) is 0.523. The fourth-order valence-electron chi connectivity index (χ4n) is 3.82. The number of hydrogen-bond acceptors (Lipinski definition) is 2. The highest BCUT2D eigenvalue weighted by Gasteiger charge is 2.29. The monoisotopic (exact) mass is 310 g/mol. The fourth-order valence-corrected chi connectivity index (χ4v) is 5.43. The van der Waals surface area contributed by atoms with Crippen molar-refractivity contribution in [1.29, 1.82) is 0 Å². The molecule has 0 bridgehead atoms. The number of thioether (sulfide) groups is 1. The zero-order valence-electron chi connectivity index (χ0n) is 15.1. The van der Waals surface area contributed by atoms with Crippen LogP contribution in [0.25, 0.3) is 0 Å². The molecule has 0 spiro atoms. The maximum Gasteiger partial charge on any atom is 0.131 e. The van der Waals surface area contributed by atoms with Crippen LogP contribution in [-0.2, 0) is 4.79 Å². The molecule has 0 fully saturated rings. The average Bonchev–Trinajstić information content (AvgIpc) is 2.24. The highest BCUT2D eigenvalue weighted by molar-refractivity contribution is 8.01. The van der Waals surface area contributed by atoms with E-state index in [-0.39, 0.29) is 4.75 Å². The first kappa shape index (κ1) is 18.8.